The zero-order valence-electron chi connectivity index (χ0n) is 34.6. The first-order chi connectivity index (χ1) is 29.1. The largest absolute Gasteiger partial charge is 0.465 e. The van der Waals surface area contributed by atoms with E-state index in [1.807, 2.05) is 28.8 Å². The van der Waals surface area contributed by atoms with Gasteiger partial charge in [0.25, 0.3) is 0 Å². The molecule has 1 aliphatic heterocycles. The van der Waals surface area contributed by atoms with Crippen LogP contribution in [0.1, 0.15) is 95.8 Å². The molecule has 326 valence electrons. The summed E-state index contributed by atoms with van der Waals surface area (Å²) >= 11 is 0. The molecular formula is C45H64N2O12. The average molecular weight is 825 g/mol. The first-order valence-electron chi connectivity index (χ1n) is 21.2. The molecule has 0 amide bonds. The molecule has 3 aromatic rings. The minimum Gasteiger partial charge on any atom is -0.465 e. The molecule has 1 unspecified atom stereocenters. The van der Waals surface area contributed by atoms with E-state index in [4.69, 9.17) is 42.6 Å². The van der Waals surface area contributed by atoms with Crippen LogP contribution in [0.5, 0.6) is 0 Å². The van der Waals surface area contributed by atoms with Crippen molar-refractivity contribution in [1.29, 1.82) is 0 Å². The Bertz CT molecular complexity index is 1550. The lowest BCUT2D eigenvalue weighted by atomic mass is 10.1. The molecule has 1 atom stereocenters. The Balaban J connectivity index is 0.795. The molecule has 59 heavy (non-hydrogen) atoms. The van der Waals surface area contributed by atoms with E-state index >= 15 is 0 Å². The number of rotatable bonds is 36. The van der Waals surface area contributed by atoms with Crippen LogP contribution in [0.3, 0.4) is 0 Å². The van der Waals surface area contributed by atoms with Crippen LogP contribution < -0.4 is 0 Å². The molecule has 1 aliphatic rings. The first kappa shape index (κ1) is 47.7. The fourth-order valence-electron chi connectivity index (χ4n) is 6.24. The fraction of sp³-hybridized carbons (Fsp3) is 0.600. The number of nitrogens with zero attached hydrogens (tertiary/aromatic N) is 2. The highest BCUT2D eigenvalue weighted by molar-refractivity contribution is 6.08. The van der Waals surface area contributed by atoms with Gasteiger partial charge in [0, 0.05) is 136 Å². The number of esters is 2. The molecule has 0 radical (unpaired) electrons. The van der Waals surface area contributed by atoms with Gasteiger partial charge in [-0.3, -0.25) is 14.6 Å². The van der Waals surface area contributed by atoms with Gasteiger partial charge >= 0.3 is 11.9 Å². The van der Waals surface area contributed by atoms with Crippen LogP contribution in [0.15, 0.2) is 67.0 Å². The standard InChI is InChI=1S/C45H64N2O12/c48-43(38-13-2-1-3-14-38)42-17-16-41-40(18-20-47(41)42)45(50)59-36-12-34-57-32-10-30-55-28-8-26-53-24-6-22-51-21-5-23-52-25-7-27-54-29-9-31-56-33-11-35-58-44(49)39-15-4-19-46-37-39/h1-4,13-17,19,37,40H,5-12,18,20-36H2. The van der Waals surface area contributed by atoms with Crippen molar-refractivity contribution in [1.82, 2.24) is 9.55 Å². The lowest BCUT2D eigenvalue weighted by Gasteiger charge is -2.10. The molecule has 14 heteroatoms. The second-order valence-corrected chi connectivity index (χ2v) is 14.0. The van der Waals surface area contributed by atoms with Gasteiger partial charge in [-0.15, -0.1) is 0 Å². The lowest BCUT2D eigenvalue weighted by Crippen LogP contribution is -2.15. The van der Waals surface area contributed by atoms with Crippen LogP contribution in [0.4, 0.5) is 0 Å². The number of hydrogen-bond acceptors (Lipinski definition) is 13. The number of carbonyl (C=O) groups excluding carboxylic acids is 3. The van der Waals surface area contributed by atoms with Crippen LogP contribution in [-0.4, -0.2) is 133 Å². The van der Waals surface area contributed by atoms with E-state index in [0.29, 0.717) is 148 Å². The first-order valence-corrected chi connectivity index (χ1v) is 21.2. The number of pyridine rings is 1. The highest BCUT2D eigenvalue weighted by atomic mass is 16.5. The minimum atomic E-state index is -0.367. The van der Waals surface area contributed by atoms with E-state index < -0.39 is 0 Å². The van der Waals surface area contributed by atoms with Gasteiger partial charge < -0.3 is 47.2 Å². The van der Waals surface area contributed by atoms with E-state index in [1.54, 1.807) is 36.5 Å². The maximum Gasteiger partial charge on any atom is 0.339 e. The number of carbonyl (C=O) groups is 3. The van der Waals surface area contributed by atoms with Crippen molar-refractivity contribution in [2.45, 2.75) is 70.3 Å². The molecule has 3 heterocycles. The molecule has 0 aliphatic carbocycles. The van der Waals surface area contributed by atoms with Crippen molar-refractivity contribution in [2.75, 3.05) is 106 Å². The number of aromatic nitrogens is 2. The third-order valence-electron chi connectivity index (χ3n) is 9.27. The third-order valence-corrected chi connectivity index (χ3v) is 9.27. The summed E-state index contributed by atoms with van der Waals surface area (Å²) in [5.74, 6) is -0.992. The van der Waals surface area contributed by atoms with Crippen LogP contribution >= 0.6 is 0 Å². The Morgan fingerprint density at radius 2 is 0.949 bits per heavy atom. The van der Waals surface area contributed by atoms with Crippen LogP contribution in [0.2, 0.25) is 0 Å². The highest BCUT2D eigenvalue weighted by Crippen LogP contribution is 2.32. The maximum atomic E-state index is 12.9. The van der Waals surface area contributed by atoms with Crippen molar-refractivity contribution in [3.63, 3.8) is 0 Å². The van der Waals surface area contributed by atoms with Crippen molar-refractivity contribution in [3.8, 4) is 0 Å². The summed E-state index contributed by atoms with van der Waals surface area (Å²) in [6, 6.07) is 16.2. The Morgan fingerprint density at radius 1 is 0.508 bits per heavy atom. The number of fused-ring (bicyclic) bond motifs is 1. The molecule has 1 aromatic carbocycles. The number of benzene rings is 1. The number of ketones is 1. The van der Waals surface area contributed by atoms with Crippen LogP contribution in [0, 0.1) is 0 Å². The van der Waals surface area contributed by atoms with Gasteiger partial charge in [0.1, 0.15) is 0 Å². The quantitative estimate of drug-likeness (QED) is 0.0370. The zero-order chi connectivity index (χ0) is 41.4. The molecular weight excluding hydrogens is 760 g/mol. The number of hydrogen-bond donors (Lipinski definition) is 0. The van der Waals surface area contributed by atoms with E-state index in [-0.39, 0.29) is 23.6 Å². The SMILES string of the molecule is O=C(OCCCOCCCOCCCOCCCOCCCOCCCOCCCOCCCOC(=O)C1CCn2c(C(=O)c3ccccc3)ccc21)c1cccnc1. The van der Waals surface area contributed by atoms with Gasteiger partial charge in [0.2, 0.25) is 5.78 Å². The van der Waals surface area contributed by atoms with Gasteiger partial charge in [-0.25, -0.2) is 4.79 Å². The maximum absolute atomic E-state index is 12.9. The summed E-state index contributed by atoms with van der Waals surface area (Å²) in [7, 11) is 0. The Morgan fingerprint density at radius 3 is 1.41 bits per heavy atom. The zero-order valence-corrected chi connectivity index (χ0v) is 34.6. The molecule has 4 rings (SSSR count). The van der Waals surface area contributed by atoms with Crippen molar-refractivity contribution < 1.29 is 57.0 Å². The Labute approximate surface area is 349 Å². The Hall–Kier alpha value is -4.02. The molecule has 2 aromatic heterocycles. The van der Waals surface area contributed by atoms with E-state index in [2.05, 4.69) is 4.98 Å². The normalized spacial score (nSPS) is 13.4. The summed E-state index contributed by atoms with van der Waals surface area (Å²) in [4.78, 5) is 41.4. The predicted octanol–water partition coefficient (Wildman–Crippen LogP) is 6.24. The van der Waals surface area contributed by atoms with Crippen molar-refractivity contribution in [3.05, 3.63) is 89.5 Å². The highest BCUT2D eigenvalue weighted by Gasteiger charge is 2.33. The summed E-state index contributed by atoms with van der Waals surface area (Å²) in [5, 5.41) is 0. The number of ether oxygens (including phenoxy) is 9. The summed E-state index contributed by atoms with van der Waals surface area (Å²) in [6.45, 7) is 10.1. The predicted molar refractivity (Wildman–Crippen MR) is 220 cm³/mol. The summed E-state index contributed by atoms with van der Waals surface area (Å²) in [6.07, 6.45) is 10.1. The minimum absolute atomic E-state index is 0.0357. The van der Waals surface area contributed by atoms with Gasteiger partial charge in [0.15, 0.2) is 0 Å². The molecule has 0 fully saturated rings. The fourth-order valence-corrected chi connectivity index (χ4v) is 6.24. The van der Waals surface area contributed by atoms with Gasteiger partial charge in [-0.05, 0) is 69.2 Å². The molecule has 0 bridgehead atoms. The molecule has 0 spiro atoms. The third kappa shape index (κ3) is 19.7. The summed E-state index contributed by atoms with van der Waals surface area (Å²) < 4.78 is 52.2. The smallest absolute Gasteiger partial charge is 0.339 e. The monoisotopic (exact) mass is 824 g/mol. The van der Waals surface area contributed by atoms with Crippen molar-refractivity contribution in [2.24, 2.45) is 0 Å². The van der Waals surface area contributed by atoms with E-state index in [9.17, 15) is 14.4 Å². The van der Waals surface area contributed by atoms with Gasteiger partial charge in [-0.1, -0.05) is 30.3 Å². The average Bonchev–Trinajstić information content (AvgIpc) is 3.88. The second kappa shape index (κ2) is 30.9. The van der Waals surface area contributed by atoms with Gasteiger partial charge in [-0.2, -0.15) is 0 Å². The molecule has 0 saturated heterocycles. The van der Waals surface area contributed by atoms with E-state index in [1.165, 1.54) is 6.20 Å². The summed E-state index contributed by atoms with van der Waals surface area (Å²) in [5.41, 5.74) is 2.55. The molecule has 14 nitrogen and oxygen atoms in total. The topological polar surface area (TPSA) is 152 Å². The molecule has 0 N–H and O–H groups in total. The Kier molecular flexibility index (Phi) is 25.0. The lowest BCUT2D eigenvalue weighted by molar-refractivity contribution is -0.145. The van der Waals surface area contributed by atoms with Crippen LogP contribution in [-0.2, 0) is 54.0 Å². The van der Waals surface area contributed by atoms with E-state index in [0.717, 1.165) is 44.2 Å². The van der Waals surface area contributed by atoms with Crippen molar-refractivity contribution >= 4 is 17.7 Å². The van der Waals surface area contributed by atoms with Crippen LogP contribution in [0.25, 0.3) is 0 Å². The second-order valence-electron chi connectivity index (χ2n) is 14.0. The molecule has 0 saturated carbocycles. The van der Waals surface area contributed by atoms with Gasteiger partial charge in [0.05, 0.1) is 30.4 Å².